The molecule has 19 heavy (non-hydrogen) atoms. The molecule has 2 N–H and O–H groups in total. The van der Waals surface area contributed by atoms with Gasteiger partial charge in [-0.3, -0.25) is 4.79 Å². The third kappa shape index (κ3) is 2.49. The number of aryl methyl sites for hydroxylation is 1. The summed E-state index contributed by atoms with van der Waals surface area (Å²) in [6, 6.07) is 7.91. The number of aliphatic hydroxyl groups excluding tert-OH is 1. The van der Waals surface area contributed by atoms with Gasteiger partial charge in [0.15, 0.2) is 0 Å². The van der Waals surface area contributed by atoms with Crippen molar-refractivity contribution in [3.8, 4) is 0 Å². The van der Waals surface area contributed by atoms with Crippen LogP contribution < -0.4 is 5.32 Å². The minimum Gasteiger partial charge on any atom is -0.387 e. The first-order chi connectivity index (χ1) is 9.15. The molecule has 100 valence electrons. The van der Waals surface area contributed by atoms with Crippen molar-refractivity contribution in [1.29, 1.82) is 0 Å². The van der Waals surface area contributed by atoms with E-state index in [1.807, 2.05) is 42.1 Å². The fourth-order valence-electron chi connectivity index (χ4n) is 2.31. The lowest BCUT2D eigenvalue weighted by Crippen LogP contribution is -2.29. The lowest BCUT2D eigenvalue weighted by Gasteiger charge is -2.12. The predicted molar refractivity (Wildman–Crippen MR) is 73.6 cm³/mol. The molecule has 4 heteroatoms. The van der Waals surface area contributed by atoms with Gasteiger partial charge in [-0.25, -0.2) is 0 Å². The first-order valence-corrected chi connectivity index (χ1v) is 6.66. The lowest BCUT2D eigenvalue weighted by molar-refractivity contribution is -0.122. The summed E-state index contributed by atoms with van der Waals surface area (Å²) in [5, 5.41) is 14.0. The average molecular weight is 258 g/mol. The Kier molecular flexibility index (Phi) is 3.03. The van der Waals surface area contributed by atoms with E-state index in [-0.39, 0.29) is 18.4 Å². The third-order valence-corrected chi connectivity index (χ3v) is 3.71. The van der Waals surface area contributed by atoms with E-state index < -0.39 is 6.10 Å². The topological polar surface area (TPSA) is 54.3 Å². The number of aromatic nitrogens is 1. The molecule has 1 atom stereocenters. The van der Waals surface area contributed by atoms with E-state index in [9.17, 15) is 9.90 Å². The highest BCUT2D eigenvalue weighted by Gasteiger charge is 2.29. The molecule has 4 nitrogen and oxygen atoms in total. The van der Waals surface area contributed by atoms with Crippen molar-refractivity contribution in [2.75, 3.05) is 6.54 Å². The van der Waals surface area contributed by atoms with Gasteiger partial charge in [-0.05, 0) is 42.0 Å². The molecule has 0 radical (unpaired) electrons. The number of carbonyl (C=O) groups excluding carboxylic acids is 1. The number of fused-ring (bicyclic) bond motifs is 1. The van der Waals surface area contributed by atoms with Crippen LogP contribution in [0, 0.1) is 5.92 Å². The second-order valence-corrected chi connectivity index (χ2v) is 5.28. The molecule has 0 saturated heterocycles. The Labute approximate surface area is 112 Å². The minimum absolute atomic E-state index is 0.0693. The maximum absolute atomic E-state index is 11.5. The van der Waals surface area contributed by atoms with Crippen molar-refractivity contribution < 1.29 is 9.90 Å². The first kappa shape index (κ1) is 12.2. The van der Waals surface area contributed by atoms with Crippen LogP contribution in [0.3, 0.4) is 0 Å². The highest BCUT2D eigenvalue weighted by molar-refractivity contribution is 5.81. The Morgan fingerprint density at radius 2 is 2.26 bits per heavy atom. The second kappa shape index (κ2) is 4.70. The number of benzene rings is 1. The highest BCUT2D eigenvalue weighted by atomic mass is 16.3. The second-order valence-electron chi connectivity index (χ2n) is 5.28. The summed E-state index contributed by atoms with van der Waals surface area (Å²) in [6.45, 7) is 0.285. The third-order valence-electron chi connectivity index (χ3n) is 3.71. The summed E-state index contributed by atoms with van der Waals surface area (Å²) in [5.74, 6) is 0.253. The van der Waals surface area contributed by atoms with E-state index in [1.54, 1.807) is 0 Å². The van der Waals surface area contributed by atoms with Gasteiger partial charge in [0.05, 0.1) is 6.10 Å². The smallest absolute Gasteiger partial charge is 0.223 e. The van der Waals surface area contributed by atoms with Crippen LogP contribution in [0.2, 0.25) is 0 Å². The van der Waals surface area contributed by atoms with Crippen LogP contribution >= 0.6 is 0 Å². The fraction of sp³-hybridized carbons (Fsp3) is 0.400. The molecule has 1 saturated carbocycles. The Hall–Kier alpha value is -1.81. The molecule has 1 aliphatic carbocycles. The zero-order valence-electron chi connectivity index (χ0n) is 11.0. The summed E-state index contributed by atoms with van der Waals surface area (Å²) in [7, 11) is 1.99. The van der Waals surface area contributed by atoms with Gasteiger partial charge in [-0.15, -0.1) is 0 Å². The molecule has 1 aromatic heterocycles. The van der Waals surface area contributed by atoms with Crippen LogP contribution in [0.4, 0.5) is 0 Å². The van der Waals surface area contributed by atoms with E-state index in [2.05, 4.69) is 5.32 Å². The number of hydrogen-bond donors (Lipinski definition) is 2. The minimum atomic E-state index is -0.646. The van der Waals surface area contributed by atoms with E-state index in [0.717, 1.165) is 29.3 Å². The molecule has 1 heterocycles. The van der Waals surface area contributed by atoms with E-state index in [0.29, 0.717) is 0 Å². The van der Waals surface area contributed by atoms with Crippen molar-refractivity contribution in [3.05, 3.63) is 36.0 Å². The average Bonchev–Trinajstić information content (AvgIpc) is 3.21. The van der Waals surface area contributed by atoms with Gasteiger partial charge >= 0.3 is 0 Å². The summed E-state index contributed by atoms with van der Waals surface area (Å²) >= 11 is 0. The molecule has 0 bridgehead atoms. The molecule has 0 aliphatic heterocycles. The quantitative estimate of drug-likeness (QED) is 0.877. The molecular formula is C15H18N2O2. The van der Waals surface area contributed by atoms with E-state index in [4.69, 9.17) is 0 Å². The zero-order valence-corrected chi connectivity index (χ0v) is 11.0. The van der Waals surface area contributed by atoms with Crippen LogP contribution in [0.5, 0.6) is 0 Å². The van der Waals surface area contributed by atoms with Gasteiger partial charge in [0.2, 0.25) is 5.91 Å². The molecule has 1 aromatic carbocycles. The zero-order chi connectivity index (χ0) is 13.4. The largest absolute Gasteiger partial charge is 0.387 e. The summed E-state index contributed by atoms with van der Waals surface area (Å²) < 4.78 is 2.04. The van der Waals surface area contributed by atoms with Gasteiger partial charge < -0.3 is 15.0 Å². The van der Waals surface area contributed by atoms with Crippen molar-refractivity contribution in [2.24, 2.45) is 13.0 Å². The molecule has 1 fully saturated rings. The summed E-state index contributed by atoms with van der Waals surface area (Å²) in [5.41, 5.74) is 1.98. The number of carbonyl (C=O) groups is 1. The van der Waals surface area contributed by atoms with Crippen LogP contribution in [-0.2, 0) is 11.8 Å². The Morgan fingerprint density at radius 3 is 3.00 bits per heavy atom. The summed E-state index contributed by atoms with van der Waals surface area (Å²) in [6.07, 6.45) is 3.32. The number of nitrogens with one attached hydrogen (secondary N) is 1. The van der Waals surface area contributed by atoms with Crippen LogP contribution in [0.25, 0.3) is 10.9 Å². The lowest BCUT2D eigenvalue weighted by atomic mass is 10.1. The normalized spacial score (nSPS) is 16.5. The molecule has 0 unspecified atom stereocenters. The monoisotopic (exact) mass is 258 g/mol. The van der Waals surface area contributed by atoms with Crippen molar-refractivity contribution in [2.45, 2.75) is 18.9 Å². The maximum Gasteiger partial charge on any atom is 0.223 e. The van der Waals surface area contributed by atoms with Crippen molar-refractivity contribution in [3.63, 3.8) is 0 Å². The molecule has 0 spiro atoms. The molecule has 1 amide bonds. The number of hydrogen-bond acceptors (Lipinski definition) is 2. The van der Waals surface area contributed by atoms with Gasteiger partial charge in [0.1, 0.15) is 0 Å². The Balaban J connectivity index is 1.69. The summed E-state index contributed by atoms with van der Waals surface area (Å²) in [4.78, 5) is 11.5. The fourth-order valence-corrected chi connectivity index (χ4v) is 2.31. The number of rotatable bonds is 4. The SMILES string of the molecule is Cn1ccc2cc([C@H](O)CNC(=O)C3CC3)ccc21. The van der Waals surface area contributed by atoms with Crippen molar-refractivity contribution in [1.82, 2.24) is 9.88 Å². The molecule has 1 aliphatic rings. The van der Waals surface area contributed by atoms with Crippen molar-refractivity contribution >= 4 is 16.8 Å². The van der Waals surface area contributed by atoms with E-state index in [1.165, 1.54) is 0 Å². The maximum atomic E-state index is 11.5. The van der Waals surface area contributed by atoms with E-state index >= 15 is 0 Å². The van der Waals surface area contributed by atoms with Crippen LogP contribution in [0.1, 0.15) is 24.5 Å². The molecule has 3 rings (SSSR count). The van der Waals surface area contributed by atoms with Gasteiger partial charge in [0, 0.05) is 31.2 Å². The number of aliphatic hydroxyl groups is 1. The van der Waals surface area contributed by atoms with Gasteiger partial charge in [-0.1, -0.05) is 6.07 Å². The Morgan fingerprint density at radius 1 is 1.47 bits per heavy atom. The van der Waals surface area contributed by atoms with Gasteiger partial charge in [-0.2, -0.15) is 0 Å². The number of nitrogens with zero attached hydrogens (tertiary/aromatic N) is 1. The molecular weight excluding hydrogens is 240 g/mol. The molecule has 2 aromatic rings. The standard InChI is InChI=1S/C15H18N2O2/c1-17-7-6-11-8-12(4-5-13(11)17)14(18)9-16-15(19)10-2-3-10/h4-8,10,14,18H,2-3,9H2,1H3,(H,16,19)/t14-/m1/s1. The predicted octanol–water partition coefficient (Wildman–Crippen LogP) is 1.74. The first-order valence-electron chi connectivity index (χ1n) is 6.66. The Bertz CT molecular complexity index is 614. The van der Waals surface area contributed by atoms with Crippen LogP contribution in [-0.4, -0.2) is 22.1 Å². The van der Waals surface area contributed by atoms with Crippen LogP contribution in [0.15, 0.2) is 30.5 Å². The highest BCUT2D eigenvalue weighted by Crippen LogP contribution is 2.29. The van der Waals surface area contributed by atoms with Gasteiger partial charge in [0.25, 0.3) is 0 Å². The number of amides is 1.